The van der Waals surface area contributed by atoms with Crippen LogP contribution in [0.4, 0.5) is 11.4 Å². The Morgan fingerprint density at radius 2 is 2.22 bits per heavy atom. The predicted molar refractivity (Wildman–Crippen MR) is 73.6 cm³/mol. The first-order valence-electron chi connectivity index (χ1n) is 6.12. The van der Waals surface area contributed by atoms with Crippen molar-refractivity contribution in [2.45, 2.75) is 25.9 Å². The molecule has 0 aromatic heterocycles. The van der Waals surface area contributed by atoms with Crippen LogP contribution in [0.25, 0.3) is 0 Å². The van der Waals surface area contributed by atoms with Crippen molar-refractivity contribution in [3.63, 3.8) is 0 Å². The molecule has 5 nitrogen and oxygen atoms in total. The van der Waals surface area contributed by atoms with E-state index < -0.39 is 0 Å². The summed E-state index contributed by atoms with van der Waals surface area (Å²) in [5, 5.41) is 15.1. The second-order valence-electron chi connectivity index (χ2n) is 4.16. The van der Waals surface area contributed by atoms with Gasteiger partial charge in [0, 0.05) is 19.2 Å². The highest BCUT2D eigenvalue weighted by Gasteiger charge is 2.06. The first-order valence-corrected chi connectivity index (χ1v) is 6.12. The molecule has 5 N–H and O–H groups in total. The monoisotopic (exact) mass is 251 g/mol. The zero-order chi connectivity index (χ0) is 13.5. The molecule has 0 saturated heterocycles. The van der Waals surface area contributed by atoms with E-state index in [0.717, 1.165) is 12.1 Å². The molecule has 1 rings (SSSR count). The van der Waals surface area contributed by atoms with Crippen LogP contribution in [0.3, 0.4) is 0 Å². The molecule has 1 unspecified atom stereocenters. The van der Waals surface area contributed by atoms with Gasteiger partial charge in [0.1, 0.15) is 0 Å². The summed E-state index contributed by atoms with van der Waals surface area (Å²) < 4.78 is 0. The van der Waals surface area contributed by atoms with Gasteiger partial charge in [-0.3, -0.25) is 4.79 Å². The summed E-state index contributed by atoms with van der Waals surface area (Å²) in [5.41, 5.74) is 7.71. The highest BCUT2D eigenvalue weighted by atomic mass is 16.3. The van der Waals surface area contributed by atoms with Gasteiger partial charge in [-0.2, -0.15) is 0 Å². The van der Waals surface area contributed by atoms with Crippen LogP contribution in [-0.4, -0.2) is 30.7 Å². The molecular weight excluding hydrogens is 230 g/mol. The zero-order valence-electron chi connectivity index (χ0n) is 10.9. The van der Waals surface area contributed by atoms with Crippen molar-refractivity contribution < 1.29 is 9.90 Å². The topological polar surface area (TPSA) is 87.4 Å². The van der Waals surface area contributed by atoms with Gasteiger partial charge in [-0.15, -0.1) is 0 Å². The van der Waals surface area contributed by atoms with Gasteiger partial charge < -0.3 is 21.5 Å². The van der Waals surface area contributed by atoms with E-state index in [0.29, 0.717) is 24.2 Å². The van der Waals surface area contributed by atoms with Crippen LogP contribution in [0, 0.1) is 0 Å². The molecule has 0 fully saturated rings. The first-order chi connectivity index (χ1) is 8.58. The Balaban J connectivity index is 2.60. The van der Waals surface area contributed by atoms with E-state index >= 15 is 0 Å². The largest absolute Gasteiger partial charge is 0.397 e. The lowest BCUT2D eigenvalue weighted by Gasteiger charge is -2.12. The number of aliphatic hydroxyl groups excluding tert-OH is 1. The molecule has 1 amide bonds. The summed E-state index contributed by atoms with van der Waals surface area (Å²) in [7, 11) is 1.58. The minimum atomic E-state index is -0.288. The van der Waals surface area contributed by atoms with E-state index in [4.69, 9.17) is 5.73 Å². The van der Waals surface area contributed by atoms with Crippen molar-refractivity contribution in [3.05, 3.63) is 23.8 Å². The lowest BCUT2D eigenvalue weighted by Crippen LogP contribution is -2.18. The molecule has 0 saturated carbocycles. The van der Waals surface area contributed by atoms with Crippen LogP contribution in [0.15, 0.2) is 18.2 Å². The van der Waals surface area contributed by atoms with E-state index in [-0.39, 0.29) is 12.0 Å². The molecule has 1 aromatic carbocycles. The number of carbonyl (C=O) groups is 1. The molecule has 0 aliphatic heterocycles. The second kappa shape index (κ2) is 6.86. The summed E-state index contributed by atoms with van der Waals surface area (Å²) in [6.45, 7) is 2.59. The first kappa shape index (κ1) is 14.3. The minimum Gasteiger partial charge on any atom is -0.397 e. The van der Waals surface area contributed by atoms with Crippen molar-refractivity contribution in [2.24, 2.45) is 0 Å². The summed E-state index contributed by atoms with van der Waals surface area (Å²) >= 11 is 0. The molecule has 0 aliphatic rings. The zero-order valence-corrected chi connectivity index (χ0v) is 10.9. The number of nitrogens with one attached hydrogen (secondary N) is 2. The Kier molecular flexibility index (Phi) is 5.45. The molecule has 1 aromatic rings. The van der Waals surface area contributed by atoms with Crippen molar-refractivity contribution in [2.75, 3.05) is 24.6 Å². The Morgan fingerprint density at radius 3 is 2.78 bits per heavy atom. The number of carbonyl (C=O) groups excluding carboxylic acids is 1. The summed E-state index contributed by atoms with van der Waals surface area (Å²) in [5.74, 6) is -0.158. The SMILES string of the molecule is CCC(O)CCNc1ccc(C(=O)NC)cc1N. The molecule has 0 aliphatic carbocycles. The fourth-order valence-corrected chi connectivity index (χ4v) is 1.59. The number of hydrogen-bond acceptors (Lipinski definition) is 4. The molecule has 0 heterocycles. The highest BCUT2D eigenvalue weighted by Crippen LogP contribution is 2.20. The van der Waals surface area contributed by atoms with E-state index in [1.165, 1.54) is 0 Å². The van der Waals surface area contributed by atoms with Crippen molar-refractivity contribution in [3.8, 4) is 0 Å². The lowest BCUT2D eigenvalue weighted by molar-refractivity contribution is 0.0963. The molecule has 18 heavy (non-hydrogen) atoms. The van der Waals surface area contributed by atoms with Crippen molar-refractivity contribution in [1.29, 1.82) is 0 Å². The predicted octanol–water partition coefficient (Wildman–Crippen LogP) is 1.20. The van der Waals surface area contributed by atoms with E-state index in [1.807, 2.05) is 6.92 Å². The number of aliphatic hydroxyl groups is 1. The molecule has 100 valence electrons. The van der Waals surface area contributed by atoms with Gasteiger partial charge in [0.25, 0.3) is 5.91 Å². The lowest BCUT2D eigenvalue weighted by atomic mass is 10.1. The summed E-state index contributed by atoms with van der Waals surface area (Å²) in [6, 6.07) is 5.13. The number of hydrogen-bond donors (Lipinski definition) is 4. The standard InChI is InChI=1S/C13H21N3O2/c1-3-10(17)6-7-16-12-5-4-9(8-11(12)14)13(18)15-2/h4-5,8,10,16-17H,3,6-7,14H2,1-2H3,(H,15,18). The highest BCUT2D eigenvalue weighted by molar-refractivity contribution is 5.95. The fraction of sp³-hybridized carbons (Fsp3) is 0.462. The van der Waals surface area contributed by atoms with Crippen LogP contribution < -0.4 is 16.4 Å². The maximum absolute atomic E-state index is 11.4. The van der Waals surface area contributed by atoms with Gasteiger partial charge in [-0.05, 0) is 31.0 Å². The maximum Gasteiger partial charge on any atom is 0.251 e. The quantitative estimate of drug-likeness (QED) is 0.572. The summed E-state index contributed by atoms with van der Waals surface area (Å²) in [6.07, 6.45) is 1.13. The van der Waals surface area contributed by atoms with Gasteiger partial charge in [0.05, 0.1) is 17.5 Å². The maximum atomic E-state index is 11.4. The number of amides is 1. The number of nitrogens with two attached hydrogens (primary N) is 1. The summed E-state index contributed by atoms with van der Waals surface area (Å²) in [4.78, 5) is 11.4. The molecule has 0 bridgehead atoms. The van der Waals surface area contributed by atoms with E-state index in [2.05, 4.69) is 10.6 Å². The number of rotatable bonds is 6. The molecular formula is C13H21N3O2. The molecule has 5 heteroatoms. The number of nitrogen functional groups attached to an aromatic ring is 1. The van der Waals surface area contributed by atoms with Gasteiger partial charge in [0.15, 0.2) is 0 Å². The van der Waals surface area contributed by atoms with Crippen LogP contribution in [0.1, 0.15) is 30.1 Å². The Bertz CT molecular complexity index is 407. The van der Waals surface area contributed by atoms with Crippen LogP contribution in [0.2, 0.25) is 0 Å². The number of anilines is 2. The second-order valence-corrected chi connectivity index (χ2v) is 4.16. The normalized spacial score (nSPS) is 11.9. The Hall–Kier alpha value is -1.75. The van der Waals surface area contributed by atoms with E-state index in [9.17, 15) is 9.90 Å². The average molecular weight is 251 g/mol. The number of benzene rings is 1. The van der Waals surface area contributed by atoms with Gasteiger partial charge in [0.2, 0.25) is 0 Å². The van der Waals surface area contributed by atoms with Gasteiger partial charge >= 0.3 is 0 Å². The third-order valence-corrected chi connectivity index (χ3v) is 2.81. The van der Waals surface area contributed by atoms with Crippen LogP contribution in [-0.2, 0) is 0 Å². The third kappa shape index (κ3) is 3.92. The van der Waals surface area contributed by atoms with Crippen molar-refractivity contribution >= 4 is 17.3 Å². The van der Waals surface area contributed by atoms with Crippen LogP contribution in [0.5, 0.6) is 0 Å². The van der Waals surface area contributed by atoms with Gasteiger partial charge in [-0.1, -0.05) is 6.92 Å². The van der Waals surface area contributed by atoms with Crippen LogP contribution >= 0.6 is 0 Å². The van der Waals surface area contributed by atoms with E-state index in [1.54, 1.807) is 25.2 Å². The Labute approximate surface area is 107 Å². The molecule has 0 spiro atoms. The fourth-order valence-electron chi connectivity index (χ4n) is 1.59. The molecule has 1 atom stereocenters. The minimum absolute atomic E-state index is 0.158. The smallest absolute Gasteiger partial charge is 0.251 e. The van der Waals surface area contributed by atoms with Gasteiger partial charge in [-0.25, -0.2) is 0 Å². The Morgan fingerprint density at radius 1 is 1.50 bits per heavy atom. The third-order valence-electron chi connectivity index (χ3n) is 2.81. The van der Waals surface area contributed by atoms with Crippen molar-refractivity contribution in [1.82, 2.24) is 5.32 Å². The molecule has 0 radical (unpaired) electrons. The average Bonchev–Trinajstić information content (AvgIpc) is 2.39.